The minimum Gasteiger partial charge on any atom is -0.304 e. The molecule has 17 heavy (non-hydrogen) atoms. The van der Waals surface area contributed by atoms with Gasteiger partial charge in [-0.2, -0.15) is 4.31 Å². The van der Waals surface area contributed by atoms with Crippen LogP contribution >= 0.6 is 15.9 Å². The number of rotatable bonds is 2. The fraction of sp³-hybridized carbons (Fsp3) is 0.750. The van der Waals surface area contributed by atoms with Gasteiger partial charge in [0.25, 0.3) is 10.0 Å². The molecule has 7 nitrogen and oxygen atoms in total. The fourth-order valence-corrected chi connectivity index (χ4v) is 4.20. The number of halogens is 1. The Bertz CT molecular complexity index is 486. The Labute approximate surface area is 109 Å². The van der Waals surface area contributed by atoms with E-state index in [2.05, 4.69) is 31.1 Å². The number of sulfonamides is 1. The van der Waals surface area contributed by atoms with Crippen LogP contribution in [0, 0.1) is 0 Å². The third kappa shape index (κ3) is 2.37. The molecule has 0 amide bonds. The average molecular weight is 324 g/mol. The lowest BCUT2D eigenvalue weighted by Gasteiger charge is -2.31. The van der Waals surface area contributed by atoms with Crippen molar-refractivity contribution in [2.45, 2.75) is 5.03 Å². The zero-order chi connectivity index (χ0) is 12.6. The maximum absolute atomic E-state index is 12.4. The topological polar surface area (TPSA) is 71.3 Å². The Kier molecular flexibility index (Phi) is 3.53. The van der Waals surface area contributed by atoms with E-state index in [-0.39, 0.29) is 9.63 Å². The molecule has 96 valence electrons. The Morgan fingerprint density at radius 2 is 1.76 bits per heavy atom. The lowest BCUT2D eigenvalue weighted by molar-refractivity contribution is 0.221. The molecule has 0 atom stereocenters. The first-order valence-electron chi connectivity index (χ1n) is 5.17. The van der Waals surface area contributed by atoms with E-state index in [1.807, 2.05) is 7.05 Å². The number of aryl methyl sites for hydroxylation is 1. The van der Waals surface area contributed by atoms with Gasteiger partial charge >= 0.3 is 0 Å². The van der Waals surface area contributed by atoms with E-state index < -0.39 is 10.0 Å². The normalized spacial score (nSPS) is 19.7. The van der Waals surface area contributed by atoms with E-state index in [0.29, 0.717) is 13.1 Å². The van der Waals surface area contributed by atoms with E-state index >= 15 is 0 Å². The third-order valence-electron chi connectivity index (χ3n) is 2.78. The quantitative estimate of drug-likeness (QED) is 0.734. The molecule has 0 bridgehead atoms. The van der Waals surface area contributed by atoms with Crippen LogP contribution in [0.1, 0.15) is 0 Å². The van der Waals surface area contributed by atoms with Crippen LogP contribution in [-0.4, -0.2) is 65.8 Å². The number of aromatic nitrogens is 3. The molecule has 1 aromatic rings. The van der Waals surface area contributed by atoms with Gasteiger partial charge in [-0.3, -0.25) is 0 Å². The molecule has 2 heterocycles. The summed E-state index contributed by atoms with van der Waals surface area (Å²) in [5.74, 6) is 0. The van der Waals surface area contributed by atoms with E-state index in [4.69, 9.17) is 0 Å². The second-order valence-corrected chi connectivity index (χ2v) is 6.62. The molecule has 1 aromatic heterocycles. The van der Waals surface area contributed by atoms with Crippen LogP contribution in [0.25, 0.3) is 0 Å². The molecule has 1 aliphatic heterocycles. The predicted octanol–water partition coefficient (Wildman–Crippen LogP) is -0.486. The first-order chi connectivity index (χ1) is 7.93. The third-order valence-corrected chi connectivity index (χ3v) is 5.57. The van der Waals surface area contributed by atoms with Gasteiger partial charge < -0.3 is 4.90 Å². The van der Waals surface area contributed by atoms with Gasteiger partial charge in [0.2, 0.25) is 5.03 Å². The molecule has 1 saturated heterocycles. The Morgan fingerprint density at radius 1 is 1.18 bits per heavy atom. The molecule has 9 heteroatoms. The van der Waals surface area contributed by atoms with Crippen molar-refractivity contribution in [1.29, 1.82) is 0 Å². The summed E-state index contributed by atoms with van der Waals surface area (Å²) in [5.41, 5.74) is 0. The minimum absolute atomic E-state index is 0.113. The van der Waals surface area contributed by atoms with Crippen molar-refractivity contribution in [3.63, 3.8) is 0 Å². The van der Waals surface area contributed by atoms with Gasteiger partial charge in [0, 0.05) is 33.2 Å². The van der Waals surface area contributed by atoms with Crippen molar-refractivity contribution >= 4 is 26.0 Å². The summed E-state index contributed by atoms with van der Waals surface area (Å²) in [6, 6.07) is 0. The van der Waals surface area contributed by atoms with Crippen molar-refractivity contribution < 1.29 is 8.42 Å². The van der Waals surface area contributed by atoms with Gasteiger partial charge in [0.05, 0.1) is 0 Å². The number of hydrogen-bond acceptors (Lipinski definition) is 5. The molecule has 0 aliphatic carbocycles. The Balaban J connectivity index is 2.31. The molecule has 0 saturated carbocycles. The van der Waals surface area contributed by atoms with Gasteiger partial charge in [0.1, 0.15) is 0 Å². The smallest absolute Gasteiger partial charge is 0.263 e. The van der Waals surface area contributed by atoms with Crippen molar-refractivity contribution in [3.05, 3.63) is 4.60 Å². The number of hydrogen-bond donors (Lipinski definition) is 0. The van der Waals surface area contributed by atoms with Gasteiger partial charge in [-0.25, -0.2) is 13.1 Å². The lowest BCUT2D eigenvalue weighted by atomic mass is 10.4. The summed E-state index contributed by atoms with van der Waals surface area (Å²) in [6.07, 6.45) is 0. The first-order valence-corrected chi connectivity index (χ1v) is 7.40. The molecule has 0 unspecified atom stereocenters. The molecule has 0 spiro atoms. The van der Waals surface area contributed by atoms with E-state index in [0.717, 1.165) is 13.1 Å². The van der Waals surface area contributed by atoms with Gasteiger partial charge in [-0.1, -0.05) is 5.21 Å². The van der Waals surface area contributed by atoms with Gasteiger partial charge in [0.15, 0.2) is 4.60 Å². The molecule has 1 aliphatic rings. The maximum atomic E-state index is 12.4. The van der Waals surface area contributed by atoms with Crippen LogP contribution in [0.5, 0.6) is 0 Å². The predicted molar refractivity (Wildman–Crippen MR) is 65.0 cm³/mol. The monoisotopic (exact) mass is 323 g/mol. The summed E-state index contributed by atoms with van der Waals surface area (Å²) in [6.45, 7) is 2.47. The molecular weight excluding hydrogens is 310 g/mol. The summed E-state index contributed by atoms with van der Waals surface area (Å²) < 4.78 is 27.8. The second kappa shape index (κ2) is 4.63. The van der Waals surface area contributed by atoms with Crippen molar-refractivity contribution in [1.82, 2.24) is 24.2 Å². The van der Waals surface area contributed by atoms with E-state index in [9.17, 15) is 8.42 Å². The molecule has 2 rings (SSSR count). The number of likely N-dealkylation sites (N-methyl/N-ethyl adjacent to an activating group) is 1. The van der Waals surface area contributed by atoms with Gasteiger partial charge in [-0.05, 0) is 23.0 Å². The molecule has 0 aromatic carbocycles. The standard InChI is InChI=1S/C8H14BrN5O2S/c1-12-3-5-14(6-4-12)17(15,16)8-7(9)10-11-13(8)2/h3-6H2,1-2H3. The van der Waals surface area contributed by atoms with E-state index in [1.165, 1.54) is 8.99 Å². The SMILES string of the molecule is CN1CCN(S(=O)(=O)c2c(Br)nnn2C)CC1. The summed E-state index contributed by atoms with van der Waals surface area (Å²) in [7, 11) is 0.0421. The Hall–Kier alpha value is -0.510. The average Bonchev–Trinajstić information content (AvgIpc) is 2.59. The molecule has 1 fully saturated rings. The van der Waals surface area contributed by atoms with Crippen molar-refractivity contribution in [2.24, 2.45) is 7.05 Å². The molecule has 0 N–H and O–H groups in total. The highest BCUT2D eigenvalue weighted by Crippen LogP contribution is 2.22. The highest BCUT2D eigenvalue weighted by molar-refractivity contribution is 9.10. The number of nitrogens with zero attached hydrogens (tertiary/aromatic N) is 5. The zero-order valence-electron chi connectivity index (χ0n) is 9.67. The Morgan fingerprint density at radius 3 is 2.24 bits per heavy atom. The van der Waals surface area contributed by atoms with Crippen LogP contribution in [-0.2, 0) is 17.1 Å². The van der Waals surface area contributed by atoms with Crippen molar-refractivity contribution in [2.75, 3.05) is 33.2 Å². The van der Waals surface area contributed by atoms with Gasteiger partial charge in [-0.15, -0.1) is 5.10 Å². The van der Waals surface area contributed by atoms with Crippen LogP contribution in [0.15, 0.2) is 9.63 Å². The van der Waals surface area contributed by atoms with Crippen molar-refractivity contribution in [3.8, 4) is 0 Å². The molecule has 0 radical (unpaired) electrons. The first kappa shape index (κ1) is 12.9. The van der Waals surface area contributed by atoms with Crippen LogP contribution < -0.4 is 0 Å². The van der Waals surface area contributed by atoms with Crippen LogP contribution in [0.2, 0.25) is 0 Å². The summed E-state index contributed by atoms with van der Waals surface area (Å²) in [4.78, 5) is 2.10. The van der Waals surface area contributed by atoms with E-state index in [1.54, 1.807) is 7.05 Å². The van der Waals surface area contributed by atoms with Crippen LogP contribution in [0.4, 0.5) is 0 Å². The minimum atomic E-state index is -3.51. The lowest BCUT2D eigenvalue weighted by Crippen LogP contribution is -2.47. The second-order valence-electron chi connectivity index (χ2n) is 4.02. The molecular formula is C8H14BrN5O2S. The number of piperazine rings is 1. The maximum Gasteiger partial charge on any atom is 0.263 e. The summed E-state index contributed by atoms with van der Waals surface area (Å²) in [5, 5.41) is 7.51. The highest BCUT2D eigenvalue weighted by Gasteiger charge is 2.32. The highest BCUT2D eigenvalue weighted by atomic mass is 79.9. The summed E-state index contributed by atoms with van der Waals surface area (Å²) >= 11 is 3.12. The zero-order valence-corrected chi connectivity index (χ0v) is 12.1. The fourth-order valence-electron chi connectivity index (χ4n) is 1.75. The van der Waals surface area contributed by atoms with Crippen LogP contribution in [0.3, 0.4) is 0 Å². The largest absolute Gasteiger partial charge is 0.304 e.